The summed E-state index contributed by atoms with van der Waals surface area (Å²) >= 11 is 0. The minimum absolute atomic E-state index is 0.133. The van der Waals surface area contributed by atoms with E-state index in [1.807, 2.05) is 0 Å². The number of amides is 1. The Morgan fingerprint density at radius 2 is 1.74 bits per heavy atom. The number of hydrogen-bond donors (Lipinski definition) is 2. The molecule has 2 aliphatic heterocycles. The van der Waals surface area contributed by atoms with Gasteiger partial charge in [-0.05, 0) is 58.2 Å². The van der Waals surface area contributed by atoms with Gasteiger partial charge in [-0.2, -0.15) is 0 Å². The topological polar surface area (TPSA) is 67.6 Å². The molecule has 0 radical (unpaired) electrons. The number of ether oxygens (including phenoxy) is 1. The van der Waals surface area contributed by atoms with Crippen LogP contribution in [0.1, 0.15) is 64.2 Å². The van der Waals surface area contributed by atoms with Crippen molar-refractivity contribution in [3.8, 4) is 0 Å². The van der Waals surface area contributed by atoms with Gasteiger partial charge in [0, 0.05) is 31.7 Å². The molecule has 0 aliphatic carbocycles. The normalized spacial score (nSPS) is 22.0. The third-order valence-electron chi connectivity index (χ3n) is 5.42. The van der Waals surface area contributed by atoms with E-state index in [1.165, 1.54) is 32.4 Å². The fourth-order valence-corrected chi connectivity index (χ4v) is 3.86. The van der Waals surface area contributed by atoms with Crippen LogP contribution in [-0.2, 0) is 9.53 Å². The zero-order valence-corrected chi connectivity index (χ0v) is 14.7. The highest BCUT2D eigenvalue weighted by Crippen LogP contribution is 2.30. The van der Waals surface area contributed by atoms with E-state index in [9.17, 15) is 4.79 Å². The number of carbonyl (C=O) groups excluding carboxylic acids is 1. The van der Waals surface area contributed by atoms with Gasteiger partial charge in [-0.3, -0.25) is 9.69 Å². The van der Waals surface area contributed by atoms with Crippen molar-refractivity contribution < 1.29 is 9.53 Å². The monoisotopic (exact) mass is 325 g/mol. The number of nitrogens with two attached hydrogens (primary N) is 1. The van der Waals surface area contributed by atoms with Gasteiger partial charge in [0.05, 0.1) is 0 Å². The number of nitrogens with zero attached hydrogens (tertiary/aromatic N) is 1. The Morgan fingerprint density at radius 1 is 1.04 bits per heavy atom. The van der Waals surface area contributed by atoms with Gasteiger partial charge in [-0.1, -0.05) is 19.3 Å². The molecule has 3 N–H and O–H groups in total. The molecule has 0 spiro atoms. The fraction of sp³-hybridized carbons (Fsp3) is 0.944. The van der Waals surface area contributed by atoms with E-state index in [4.69, 9.17) is 10.5 Å². The Labute approximate surface area is 141 Å². The quantitative estimate of drug-likeness (QED) is 0.637. The van der Waals surface area contributed by atoms with Gasteiger partial charge < -0.3 is 15.8 Å². The maximum absolute atomic E-state index is 12.2. The van der Waals surface area contributed by atoms with Crippen molar-refractivity contribution in [1.82, 2.24) is 10.2 Å². The SMILES string of the molecule is NCCCCCCC(=O)NCC1(N2CCCCC2)CCOCC1. The van der Waals surface area contributed by atoms with Crippen LogP contribution in [0.2, 0.25) is 0 Å². The minimum atomic E-state index is 0.133. The van der Waals surface area contributed by atoms with E-state index in [-0.39, 0.29) is 11.4 Å². The molecule has 2 heterocycles. The van der Waals surface area contributed by atoms with E-state index < -0.39 is 0 Å². The standard InChI is InChI=1S/C18H35N3O2/c19-11-5-2-1-4-8-17(22)20-16-18(9-14-23-15-10-18)21-12-6-3-7-13-21/h1-16,19H2,(H,20,22). The molecule has 23 heavy (non-hydrogen) atoms. The highest BCUT2D eigenvalue weighted by molar-refractivity contribution is 5.75. The molecule has 1 amide bonds. The van der Waals surface area contributed by atoms with Crippen LogP contribution in [-0.4, -0.2) is 55.7 Å². The third kappa shape index (κ3) is 6.05. The molecule has 5 heteroatoms. The summed E-state index contributed by atoms with van der Waals surface area (Å²) < 4.78 is 5.58. The summed E-state index contributed by atoms with van der Waals surface area (Å²) in [4.78, 5) is 14.8. The van der Waals surface area contributed by atoms with Gasteiger partial charge >= 0.3 is 0 Å². The van der Waals surface area contributed by atoms with Gasteiger partial charge in [-0.25, -0.2) is 0 Å². The van der Waals surface area contributed by atoms with Gasteiger partial charge in [0.25, 0.3) is 0 Å². The fourth-order valence-electron chi connectivity index (χ4n) is 3.86. The van der Waals surface area contributed by atoms with Crippen LogP contribution < -0.4 is 11.1 Å². The first-order chi connectivity index (χ1) is 11.3. The molecule has 0 saturated carbocycles. The summed E-state index contributed by atoms with van der Waals surface area (Å²) in [5.41, 5.74) is 5.62. The number of rotatable bonds is 9. The summed E-state index contributed by atoms with van der Waals surface area (Å²) in [5.74, 6) is 0.209. The molecule has 2 fully saturated rings. The highest BCUT2D eigenvalue weighted by Gasteiger charge is 2.39. The zero-order chi connectivity index (χ0) is 16.4. The molecule has 0 unspecified atom stereocenters. The summed E-state index contributed by atoms with van der Waals surface area (Å²) in [6.45, 7) is 5.55. The van der Waals surface area contributed by atoms with Crippen LogP contribution in [0.15, 0.2) is 0 Å². The van der Waals surface area contributed by atoms with Gasteiger partial charge in [0.1, 0.15) is 0 Å². The van der Waals surface area contributed by atoms with Gasteiger partial charge in [-0.15, -0.1) is 0 Å². The first-order valence-electron chi connectivity index (χ1n) is 9.56. The molecule has 5 nitrogen and oxygen atoms in total. The van der Waals surface area contributed by atoms with Crippen molar-refractivity contribution in [3.63, 3.8) is 0 Å². The minimum Gasteiger partial charge on any atom is -0.381 e. The first kappa shape index (κ1) is 18.7. The Morgan fingerprint density at radius 3 is 2.43 bits per heavy atom. The van der Waals surface area contributed by atoms with Crippen molar-refractivity contribution in [3.05, 3.63) is 0 Å². The number of hydrogen-bond acceptors (Lipinski definition) is 4. The van der Waals surface area contributed by atoms with Gasteiger partial charge in [0.2, 0.25) is 5.91 Å². The van der Waals surface area contributed by atoms with E-state index >= 15 is 0 Å². The van der Waals surface area contributed by atoms with E-state index in [0.29, 0.717) is 6.42 Å². The van der Waals surface area contributed by atoms with Crippen LogP contribution in [0.3, 0.4) is 0 Å². The summed E-state index contributed by atoms with van der Waals surface area (Å²) in [7, 11) is 0. The molecule has 0 atom stereocenters. The Hall–Kier alpha value is -0.650. The number of nitrogens with one attached hydrogen (secondary N) is 1. The van der Waals surface area contributed by atoms with Crippen molar-refractivity contribution in [1.29, 1.82) is 0 Å². The van der Waals surface area contributed by atoms with Crippen LogP contribution >= 0.6 is 0 Å². The summed E-state index contributed by atoms with van der Waals surface area (Å²) in [5, 5.41) is 3.22. The molecule has 134 valence electrons. The molecule has 2 saturated heterocycles. The van der Waals surface area contributed by atoms with Crippen LogP contribution in [0.25, 0.3) is 0 Å². The van der Waals surface area contributed by atoms with Crippen molar-refractivity contribution in [2.45, 2.75) is 69.7 Å². The van der Waals surface area contributed by atoms with E-state index in [1.54, 1.807) is 0 Å². The lowest BCUT2D eigenvalue weighted by Gasteiger charge is -2.48. The molecule has 2 rings (SSSR count). The van der Waals surface area contributed by atoms with Crippen LogP contribution in [0, 0.1) is 0 Å². The molecule has 2 aliphatic rings. The summed E-state index contributed by atoms with van der Waals surface area (Å²) in [6.07, 6.45) is 11.0. The maximum Gasteiger partial charge on any atom is 0.220 e. The average molecular weight is 325 g/mol. The number of carbonyl (C=O) groups is 1. The Kier molecular flexibility index (Phi) is 8.34. The molecule has 0 aromatic heterocycles. The third-order valence-corrected chi connectivity index (χ3v) is 5.42. The highest BCUT2D eigenvalue weighted by atomic mass is 16.5. The van der Waals surface area contributed by atoms with Crippen molar-refractivity contribution in [2.75, 3.05) is 39.4 Å². The zero-order valence-electron chi connectivity index (χ0n) is 14.7. The van der Waals surface area contributed by atoms with E-state index in [0.717, 1.165) is 64.8 Å². The second kappa shape index (κ2) is 10.3. The van der Waals surface area contributed by atoms with Crippen molar-refractivity contribution in [2.24, 2.45) is 5.73 Å². The van der Waals surface area contributed by atoms with Crippen LogP contribution in [0.4, 0.5) is 0 Å². The first-order valence-corrected chi connectivity index (χ1v) is 9.56. The lowest BCUT2D eigenvalue weighted by molar-refractivity contribution is -0.122. The average Bonchev–Trinajstić information content (AvgIpc) is 2.61. The lowest BCUT2D eigenvalue weighted by atomic mass is 9.86. The summed E-state index contributed by atoms with van der Waals surface area (Å²) in [6, 6.07) is 0. The smallest absolute Gasteiger partial charge is 0.220 e. The number of likely N-dealkylation sites (tertiary alicyclic amines) is 1. The van der Waals surface area contributed by atoms with Crippen molar-refractivity contribution >= 4 is 5.91 Å². The predicted molar refractivity (Wildman–Crippen MR) is 93.4 cm³/mol. The predicted octanol–water partition coefficient (Wildman–Crippen LogP) is 2.05. The number of piperidine rings is 1. The Balaban J connectivity index is 1.75. The molecular formula is C18H35N3O2. The molecule has 0 aromatic carbocycles. The van der Waals surface area contributed by atoms with Gasteiger partial charge in [0.15, 0.2) is 0 Å². The number of unbranched alkanes of at least 4 members (excludes halogenated alkanes) is 3. The second-order valence-electron chi connectivity index (χ2n) is 7.11. The Bertz CT molecular complexity index is 337. The van der Waals surface area contributed by atoms with Crippen LogP contribution in [0.5, 0.6) is 0 Å². The largest absolute Gasteiger partial charge is 0.381 e. The molecule has 0 bridgehead atoms. The van der Waals surface area contributed by atoms with E-state index in [2.05, 4.69) is 10.2 Å². The maximum atomic E-state index is 12.2. The molecule has 0 aromatic rings. The second-order valence-corrected chi connectivity index (χ2v) is 7.11. The molecular weight excluding hydrogens is 290 g/mol. The lowest BCUT2D eigenvalue weighted by Crippen LogP contribution is -2.59.